The van der Waals surface area contributed by atoms with Crippen molar-refractivity contribution in [2.75, 3.05) is 26.2 Å². The normalized spacial score (nSPS) is 29.5. The molecular weight excluding hydrogens is 195 g/mol. The Morgan fingerprint density at radius 2 is 1.83 bits per heavy atom. The minimum absolute atomic E-state index is 0. The lowest BCUT2D eigenvalue weighted by Gasteiger charge is -2.40. The smallest absolute Gasteiger partial charge is 0.0221 e. The SMILES string of the molecule is C1CNCC(N2CCC2)C1.Cl.Cl. The van der Waals surface area contributed by atoms with Gasteiger partial charge in [-0.1, -0.05) is 0 Å². The van der Waals surface area contributed by atoms with Gasteiger partial charge in [0, 0.05) is 12.6 Å². The molecule has 2 nitrogen and oxygen atoms in total. The first-order valence-corrected chi connectivity index (χ1v) is 4.41. The summed E-state index contributed by atoms with van der Waals surface area (Å²) < 4.78 is 0. The molecule has 0 spiro atoms. The Bertz CT molecular complexity index is 112. The molecule has 0 aromatic rings. The van der Waals surface area contributed by atoms with Crippen LogP contribution in [0.25, 0.3) is 0 Å². The average Bonchev–Trinajstić information content (AvgIpc) is 1.86. The van der Waals surface area contributed by atoms with E-state index in [1.807, 2.05) is 0 Å². The van der Waals surface area contributed by atoms with Crippen molar-refractivity contribution in [3.05, 3.63) is 0 Å². The maximum Gasteiger partial charge on any atom is 0.0221 e. The van der Waals surface area contributed by atoms with Crippen LogP contribution in [0.15, 0.2) is 0 Å². The van der Waals surface area contributed by atoms with Crippen LogP contribution in [-0.4, -0.2) is 37.1 Å². The summed E-state index contributed by atoms with van der Waals surface area (Å²) in [4.78, 5) is 2.60. The quantitative estimate of drug-likeness (QED) is 0.706. The summed E-state index contributed by atoms with van der Waals surface area (Å²) in [6.07, 6.45) is 4.23. The van der Waals surface area contributed by atoms with Crippen molar-refractivity contribution >= 4 is 24.8 Å². The molecule has 4 heteroatoms. The number of nitrogens with one attached hydrogen (secondary N) is 1. The van der Waals surface area contributed by atoms with Crippen molar-refractivity contribution in [2.24, 2.45) is 0 Å². The van der Waals surface area contributed by atoms with Gasteiger partial charge in [0.15, 0.2) is 0 Å². The summed E-state index contributed by atoms with van der Waals surface area (Å²) in [7, 11) is 0. The summed E-state index contributed by atoms with van der Waals surface area (Å²) in [5, 5.41) is 3.44. The molecular formula is C8H18Cl2N2. The van der Waals surface area contributed by atoms with E-state index < -0.39 is 0 Å². The Hall–Kier alpha value is 0.500. The molecule has 0 aliphatic carbocycles. The first-order chi connectivity index (χ1) is 4.97. The van der Waals surface area contributed by atoms with Crippen LogP contribution in [0, 0.1) is 0 Å². The predicted molar refractivity (Wildman–Crippen MR) is 56.6 cm³/mol. The van der Waals surface area contributed by atoms with Crippen molar-refractivity contribution in [1.82, 2.24) is 10.2 Å². The van der Waals surface area contributed by atoms with E-state index >= 15 is 0 Å². The van der Waals surface area contributed by atoms with Crippen LogP contribution in [0.2, 0.25) is 0 Å². The van der Waals surface area contributed by atoms with Crippen LogP contribution >= 0.6 is 24.8 Å². The average molecular weight is 213 g/mol. The third-order valence-electron chi connectivity index (χ3n) is 2.68. The molecule has 2 rings (SSSR count). The monoisotopic (exact) mass is 212 g/mol. The largest absolute Gasteiger partial charge is 0.315 e. The third kappa shape index (κ3) is 2.77. The molecule has 1 N–H and O–H groups in total. The van der Waals surface area contributed by atoms with Crippen molar-refractivity contribution in [2.45, 2.75) is 25.3 Å². The van der Waals surface area contributed by atoms with Crippen molar-refractivity contribution < 1.29 is 0 Å². The highest BCUT2D eigenvalue weighted by Gasteiger charge is 2.24. The molecule has 0 saturated carbocycles. The molecule has 0 amide bonds. The van der Waals surface area contributed by atoms with E-state index in [9.17, 15) is 0 Å². The summed E-state index contributed by atoms with van der Waals surface area (Å²) in [5.74, 6) is 0. The Morgan fingerprint density at radius 3 is 2.25 bits per heavy atom. The fraction of sp³-hybridized carbons (Fsp3) is 1.00. The molecule has 0 bridgehead atoms. The van der Waals surface area contributed by atoms with Crippen LogP contribution in [0.1, 0.15) is 19.3 Å². The minimum atomic E-state index is 0. The van der Waals surface area contributed by atoms with E-state index in [0.717, 1.165) is 6.04 Å². The zero-order valence-corrected chi connectivity index (χ0v) is 8.92. The molecule has 1 unspecified atom stereocenters. The highest BCUT2D eigenvalue weighted by Crippen LogP contribution is 2.16. The zero-order valence-electron chi connectivity index (χ0n) is 7.29. The van der Waals surface area contributed by atoms with Crippen LogP contribution < -0.4 is 5.32 Å². The zero-order chi connectivity index (χ0) is 6.81. The summed E-state index contributed by atoms with van der Waals surface area (Å²) >= 11 is 0. The second-order valence-corrected chi connectivity index (χ2v) is 3.39. The van der Waals surface area contributed by atoms with Gasteiger partial charge in [-0.25, -0.2) is 0 Å². The Morgan fingerprint density at radius 1 is 1.08 bits per heavy atom. The van der Waals surface area contributed by atoms with E-state index in [2.05, 4.69) is 10.2 Å². The molecule has 1 atom stereocenters. The molecule has 2 fully saturated rings. The molecule has 12 heavy (non-hydrogen) atoms. The van der Waals surface area contributed by atoms with Gasteiger partial charge in [0.25, 0.3) is 0 Å². The molecule has 0 radical (unpaired) electrons. The highest BCUT2D eigenvalue weighted by atomic mass is 35.5. The van der Waals surface area contributed by atoms with Gasteiger partial charge < -0.3 is 5.32 Å². The Kier molecular flexibility index (Phi) is 6.28. The highest BCUT2D eigenvalue weighted by molar-refractivity contribution is 5.85. The van der Waals surface area contributed by atoms with Gasteiger partial charge in [0.05, 0.1) is 0 Å². The molecule has 0 aromatic carbocycles. The number of nitrogens with zero attached hydrogens (tertiary/aromatic N) is 1. The minimum Gasteiger partial charge on any atom is -0.315 e. The van der Waals surface area contributed by atoms with E-state index in [4.69, 9.17) is 0 Å². The fourth-order valence-corrected chi connectivity index (χ4v) is 1.85. The van der Waals surface area contributed by atoms with Crippen LogP contribution in [0.4, 0.5) is 0 Å². The van der Waals surface area contributed by atoms with Gasteiger partial charge in [0.2, 0.25) is 0 Å². The standard InChI is InChI=1S/C8H16N2.2ClH/c1-3-8(7-9-4-1)10-5-2-6-10;;/h8-9H,1-7H2;2*1H. The number of hydrogen-bond acceptors (Lipinski definition) is 2. The summed E-state index contributed by atoms with van der Waals surface area (Å²) in [5.41, 5.74) is 0. The number of halogens is 2. The van der Waals surface area contributed by atoms with Crippen molar-refractivity contribution in [3.63, 3.8) is 0 Å². The molecule has 2 aliphatic heterocycles. The summed E-state index contributed by atoms with van der Waals surface area (Å²) in [6, 6.07) is 0.877. The van der Waals surface area contributed by atoms with E-state index in [1.165, 1.54) is 45.4 Å². The Balaban J connectivity index is 0.000000605. The molecule has 74 valence electrons. The van der Waals surface area contributed by atoms with Gasteiger partial charge >= 0.3 is 0 Å². The van der Waals surface area contributed by atoms with Crippen LogP contribution in [0.3, 0.4) is 0 Å². The molecule has 0 aromatic heterocycles. The van der Waals surface area contributed by atoms with Crippen LogP contribution in [0.5, 0.6) is 0 Å². The first-order valence-electron chi connectivity index (χ1n) is 4.41. The summed E-state index contributed by atoms with van der Waals surface area (Å²) in [6.45, 7) is 5.18. The predicted octanol–water partition coefficient (Wildman–Crippen LogP) is 1.29. The number of piperidine rings is 1. The van der Waals surface area contributed by atoms with Gasteiger partial charge in [0.1, 0.15) is 0 Å². The van der Waals surface area contributed by atoms with E-state index in [-0.39, 0.29) is 24.8 Å². The Labute approximate surface area is 86.9 Å². The van der Waals surface area contributed by atoms with E-state index in [1.54, 1.807) is 0 Å². The topological polar surface area (TPSA) is 15.3 Å². The van der Waals surface area contributed by atoms with Crippen LogP contribution in [-0.2, 0) is 0 Å². The third-order valence-corrected chi connectivity index (χ3v) is 2.68. The molecule has 2 heterocycles. The lowest BCUT2D eigenvalue weighted by atomic mass is 10.0. The fourth-order valence-electron chi connectivity index (χ4n) is 1.85. The maximum absolute atomic E-state index is 3.44. The van der Waals surface area contributed by atoms with Gasteiger partial charge in [-0.3, -0.25) is 4.90 Å². The number of rotatable bonds is 1. The van der Waals surface area contributed by atoms with Crippen molar-refractivity contribution in [3.8, 4) is 0 Å². The maximum atomic E-state index is 3.44. The van der Waals surface area contributed by atoms with E-state index in [0.29, 0.717) is 0 Å². The van der Waals surface area contributed by atoms with Gasteiger partial charge in [-0.2, -0.15) is 0 Å². The molecule has 2 saturated heterocycles. The lowest BCUT2D eigenvalue weighted by molar-refractivity contribution is 0.0991. The number of likely N-dealkylation sites (tertiary alicyclic amines) is 1. The number of hydrogen-bond donors (Lipinski definition) is 1. The second kappa shape index (κ2) is 6.03. The molecule has 2 aliphatic rings. The lowest BCUT2D eigenvalue weighted by Crippen LogP contribution is -2.51. The second-order valence-electron chi connectivity index (χ2n) is 3.39. The van der Waals surface area contributed by atoms with Crippen molar-refractivity contribution in [1.29, 1.82) is 0 Å². The van der Waals surface area contributed by atoms with Gasteiger partial charge in [-0.05, 0) is 38.9 Å². The first kappa shape index (κ1) is 12.5. The van der Waals surface area contributed by atoms with Gasteiger partial charge in [-0.15, -0.1) is 24.8 Å².